The average molecular weight is 475 g/mol. The van der Waals surface area contributed by atoms with Crippen LogP contribution in [0.15, 0.2) is 72.8 Å². The van der Waals surface area contributed by atoms with Crippen LogP contribution in [-0.4, -0.2) is 61.3 Å². The lowest BCUT2D eigenvalue weighted by Crippen LogP contribution is -2.33. The highest BCUT2D eigenvalue weighted by atomic mass is 16.5. The molecule has 2 amide bonds. The summed E-state index contributed by atoms with van der Waals surface area (Å²) < 4.78 is 11.5. The van der Waals surface area contributed by atoms with Crippen LogP contribution in [-0.2, 0) is 17.7 Å². The van der Waals surface area contributed by atoms with E-state index in [1.807, 2.05) is 60.7 Å². The van der Waals surface area contributed by atoms with Gasteiger partial charge in [0.05, 0.1) is 19.8 Å². The van der Waals surface area contributed by atoms with Gasteiger partial charge in [-0.05, 0) is 47.0 Å². The zero-order valence-corrected chi connectivity index (χ0v) is 19.6. The Hall–Kier alpha value is -3.68. The molecule has 7 heteroatoms. The second-order valence-electron chi connectivity index (χ2n) is 8.35. The van der Waals surface area contributed by atoms with E-state index in [1.54, 1.807) is 17.0 Å². The van der Waals surface area contributed by atoms with Gasteiger partial charge in [-0.25, -0.2) is 0 Å². The van der Waals surface area contributed by atoms with Crippen LogP contribution in [0.3, 0.4) is 0 Å². The lowest BCUT2D eigenvalue weighted by Gasteiger charge is -2.23. The number of ether oxygens (including phenoxy) is 2. The molecule has 4 rings (SSSR count). The maximum absolute atomic E-state index is 13.4. The molecule has 0 aromatic heterocycles. The Labute approximate surface area is 205 Å². The first kappa shape index (κ1) is 24.4. The third-order valence-electron chi connectivity index (χ3n) is 5.78. The number of aliphatic hydroxyl groups is 1. The molecule has 0 saturated carbocycles. The summed E-state index contributed by atoms with van der Waals surface area (Å²) in [5.41, 5.74) is 3.87. The minimum absolute atomic E-state index is 0.124. The quantitative estimate of drug-likeness (QED) is 0.594. The molecule has 1 aliphatic rings. The minimum Gasteiger partial charge on any atom is -0.491 e. The Balaban J connectivity index is 1.63. The highest BCUT2D eigenvalue weighted by Gasteiger charge is 2.18. The van der Waals surface area contributed by atoms with Crippen LogP contribution in [0.4, 0.5) is 0 Å². The summed E-state index contributed by atoms with van der Waals surface area (Å²) >= 11 is 0. The molecule has 1 aliphatic heterocycles. The number of benzene rings is 3. The molecule has 0 saturated heterocycles. The number of carbonyl (C=O) groups excluding carboxylic acids is 2. The highest BCUT2D eigenvalue weighted by Crippen LogP contribution is 2.25. The predicted molar refractivity (Wildman–Crippen MR) is 133 cm³/mol. The summed E-state index contributed by atoms with van der Waals surface area (Å²) in [7, 11) is 0. The van der Waals surface area contributed by atoms with Crippen molar-refractivity contribution in [2.75, 3.05) is 39.5 Å². The van der Waals surface area contributed by atoms with Gasteiger partial charge in [-0.3, -0.25) is 9.59 Å². The number of amides is 2. The van der Waals surface area contributed by atoms with Gasteiger partial charge >= 0.3 is 0 Å². The molecule has 7 nitrogen and oxygen atoms in total. The molecule has 3 aromatic carbocycles. The Kier molecular flexibility index (Phi) is 8.48. The van der Waals surface area contributed by atoms with Gasteiger partial charge in [0.25, 0.3) is 11.8 Å². The number of hydrogen-bond donors (Lipinski definition) is 2. The molecular formula is C28H30N2O5. The monoisotopic (exact) mass is 474 g/mol. The topological polar surface area (TPSA) is 88.1 Å². The standard InChI is InChI=1S/C28H30N2O5/c31-13-12-30(20-21-5-2-1-3-6-21)28(33)24-9-10-26-25(19-24)18-22-7-4-8-23(17-22)27(32)29-11-14-34-15-16-35-26/h1-10,17,19,31H,11-16,18,20H2,(H,29,32). The van der Waals surface area contributed by atoms with Gasteiger partial charge < -0.3 is 24.8 Å². The number of hydrogen-bond acceptors (Lipinski definition) is 5. The highest BCUT2D eigenvalue weighted by molar-refractivity contribution is 5.95. The number of aliphatic hydroxyl groups excluding tert-OH is 1. The average Bonchev–Trinajstić information content (AvgIpc) is 2.88. The van der Waals surface area contributed by atoms with Crippen molar-refractivity contribution < 1.29 is 24.2 Å². The van der Waals surface area contributed by atoms with Gasteiger partial charge in [0.15, 0.2) is 0 Å². The normalized spacial score (nSPS) is 14.1. The van der Waals surface area contributed by atoms with E-state index >= 15 is 0 Å². The summed E-state index contributed by atoms with van der Waals surface area (Å²) in [6, 6.07) is 22.5. The second kappa shape index (κ2) is 12.1. The van der Waals surface area contributed by atoms with E-state index in [4.69, 9.17) is 9.47 Å². The first-order valence-corrected chi connectivity index (χ1v) is 11.8. The van der Waals surface area contributed by atoms with Crippen molar-refractivity contribution in [3.05, 3.63) is 101 Å². The Bertz CT molecular complexity index is 1150. The van der Waals surface area contributed by atoms with Crippen molar-refractivity contribution >= 4 is 11.8 Å². The summed E-state index contributed by atoms with van der Waals surface area (Å²) in [6.07, 6.45) is 0.497. The van der Waals surface area contributed by atoms with Crippen molar-refractivity contribution in [3.63, 3.8) is 0 Å². The first-order chi connectivity index (χ1) is 17.1. The second-order valence-corrected chi connectivity index (χ2v) is 8.35. The fraction of sp³-hybridized carbons (Fsp3) is 0.286. The van der Waals surface area contributed by atoms with Gasteiger partial charge in [-0.2, -0.15) is 0 Å². The van der Waals surface area contributed by atoms with Gasteiger partial charge in [-0.15, -0.1) is 0 Å². The molecule has 35 heavy (non-hydrogen) atoms. The van der Waals surface area contributed by atoms with Crippen molar-refractivity contribution in [3.8, 4) is 5.75 Å². The van der Waals surface area contributed by atoms with E-state index in [0.717, 1.165) is 16.7 Å². The van der Waals surface area contributed by atoms with Crippen molar-refractivity contribution in [2.45, 2.75) is 13.0 Å². The molecule has 0 aliphatic carbocycles. The lowest BCUT2D eigenvalue weighted by atomic mass is 9.99. The summed E-state index contributed by atoms with van der Waals surface area (Å²) in [6.45, 7) is 2.09. The Morgan fingerprint density at radius 3 is 2.66 bits per heavy atom. The zero-order valence-electron chi connectivity index (χ0n) is 19.6. The van der Waals surface area contributed by atoms with Crippen LogP contribution < -0.4 is 10.1 Å². The van der Waals surface area contributed by atoms with Crippen LogP contribution in [0, 0.1) is 0 Å². The van der Waals surface area contributed by atoms with Crippen LogP contribution >= 0.6 is 0 Å². The molecule has 3 aromatic rings. The van der Waals surface area contributed by atoms with Gasteiger partial charge in [0, 0.05) is 37.2 Å². The van der Waals surface area contributed by atoms with E-state index in [9.17, 15) is 14.7 Å². The molecule has 0 unspecified atom stereocenters. The smallest absolute Gasteiger partial charge is 0.254 e. The largest absolute Gasteiger partial charge is 0.491 e. The van der Waals surface area contributed by atoms with Crippen molar-refractivity contribution in [1.29, 1.82) is 0 Å². The molecular weight excluding hydrogens is 444 g/mol. The van der Waals surface area contributed by atoms with Crippen molar-refractivity contribution in [2.24, 2.45) is 0 Å². The van der Waals surface area contributed by atoms with Crippen LogP contribution in [0.2, 0.25) is 0 Å². The van der Waals surface area contributed by atoms with E-state index < -0.39 is 0 Å². The minimum atomic E-state index is -0.165. The maximum Gasteiger partial charge on any atom is 0.254 e. The molecule has 0 radical (unpaired) electrons. The van der Waals surface area contributed by atoms with E-state index in [2.05, 4.69) is 5.32 Å². The molecule has 0 fully saturated rings. The van der Waals surface area contributed by atoms with Crippen LogP contribution in [0.25, 0.3) is 0 Å². The van der Waals surface area contributed by atoms with Crippen LogP contribution in [0.1, 0.15) is 37.4 Å². The van der Waals surface area contributed by atoms with E-state index in [-0.39, 0.29) is 25.0 Å². The number of rotatable bonds is 5. The van der Waals surface area contributed by atoms with Gasteiger partial charge in [0.1, 0.15) is 12.4 Å². The molecule has 0 atom stereocenters. The molecule has 2 bridgehead atoms. The fourth-order valence-electron chi connectivity index (χ4n) is 4.04. The Morgan fingerprint density at radius 2 is 1.83 bits per heavy atom. The Morgan fingerprint density at radius 1 is 0.971 bits per heavy atom. The predicted octanol–water partition coefficient (Wildman–Crippen LogP) is 3.05. The lowest BCUT2D eigenvalue weighted by molar-refractivity contribution is 0.0707. The number of nitrogens with zero attached hydrogens (tertiary/aromatic N) is 1. The van der Waals surface area contributed by atoms with E-state index in [0.29, 0.717) is 56.2 Å². The zero-order chi connectivity index (χ0) is 24.5. The van der Waals surface area contributed by atoms with Crippen LogP contribution in [0.5, 0.6) is 5.75 Å². The van der Waals surface area contributed by atoms with E-state index in [1.165, 1.54) is 0 Å². The number of fused-ring (bicyclic) bond motifs is 3. The third kappa shape index (κ3) is 6.68. The molecule has 2 N–H and O–H groups in total. The molecule has 182 valence electrons. The van der Waals surface area contributed by atoms with Gasteiger partial charge in [0.2, 0.25) is 0 Å². The summed E-state index contributed by atoms with van der Waals surface area (Å²) in [4.78, 5) is 27.5. The first-order valence-electron chi connectivity index (χ1n) is 11.8. The fourth-order valence-corrected chi connectivity index (χ4v) is 4.04. The maximum atomic E-state index is 13.4. The molecule has 0 spiro atoms. The van der Waals surface area contributed by atoms with Crippen molar-refractivity contribution in [1.82, 2.24) is 10.2 Å². The number of nitrogens with one attached hydrogen (secondary N) is 1. The SMILES string of the molecule is O=C1NCCOCCOc2ccc(C(=O)N(CCO)Cc3ccccc3)cc2Cc2cccc1c2. The summed E-state index contributed by atoms with van der Waals surface area (Å²) in [5.74, 6) is 0.365. The molecule has 1 heterocycles. The summed E-state index contributed by atoms with van der Waals surface area (Å²) in [5, 5.41) is 12.4. The van der Waals surface area contributed by atoms with Gasteiger partial charge in [-0.1, -0.05) is 42.5 Å². The number of carbonyl (C=O) groups is 2. The third-order valence-corrected chi connectivity index (χ3v) is 5.78.